The molecule has 0 aliphatic rings. The van der Waals surface area contributed by atoms with Gasteiger partial charge in [0.05, 0.1) is 15.8 Å². The van der Waals surface area contributed by atoms with Gasteiger partial charge in [-0.3, -0.25) is 9.52 Å². The fourth-order valence-electron chi connectivity index (χ4n) is 2.89. The molecule has 0 radical (unpaired) electrons. The molecule has 10 heteroatoms. The predicted molar refractivity (Wildman–Crippen MR) is 105 cm³/mol. The fraction of sp³-hybridized carbons (Fsp3) is 0. The molecule has 0 atom stereocenters. The number of nitrogen functional groups attached to an aromatic ring is 1. The first kappa shape index (κ1) is 18.6. The number of aromatic nitrogens is 3. The lowest BCUT2D eigenvalue weighted by molar-refractivity contribution is 0.104. The van der Waals surface area contributed by atoms with Gasteiger partial charge in [0.25, 0.3) is 10.0 Å². The maximum atomic E-state index is 13.4. The van der Waals surface area contributed by atoms with Crippen molar-refractivity contribution in [3.63, 3.8) is 0 Å². The van der Waals surface area contributed by atoms with Crippen LogP contribution in [0.5, 0.6) is 0 Å². The number of halogens is 1. The minimum Gasteiger partial charge on any atom is -0.383 e. The monoisotopic (exact) mass is 411 g/mol. The summed E-state index contributed by atoms with van der Waals surface area (Å²) < 4.78 is 40.7. The normalized spacial score (nSPS) is 11.5. The Bertz CT molecular complexity index is 1350. The summed E-state index contributed by atoms with van der Waals surface area (Å²) in [6.45, 7) is 0. The standard InChI is InChI=1S/C19H14FN5O3S/c20-12-4-2-6-14(8-12)29(27,28)25-13-5-1-3-11(7-13)17(26)15-9-22-19-16(15)18(21)23-10-24-19/h1-10,25H,(H3,21,22,23,24). The van der Waals surface area contributed by atoms with Crippen LogP contribution in [-0.4, -0.2) is 29.2 Å². The van der Waals surface area contributed by atoms with E-state index < -0.39 is 15.8 Å². The van der Waals surface area contributed by atoms with E-state index in [1.807, 2.05) is 0 Å². The van der Waals surface area contributed by atoms with E-state index >= 15 is 0 Å². The zero-order chi connectivity index (χ0) is 20.6. The molecule has 4 N–H and O–H groups in total. The van der Waals surface area contributed by atoms with Gasteiger partial charge in [0.15, 0.2) is 5.78 Å². The molecule has 146 valence electrons. The number of hydrogen-bond acceptors (Lipinski definition) is 6. The zero-order valence-electron chi connectivity index (χ0n) is 14.8. The van der Waals surface area contributed by atoms with Crippen LogP contribution in [0.1, 0.15) is 15.9 Å². The summed E-state index contributed by atoms with van der Waals surface area (Å²) in [5.74, 6) is -0.900. The summed E-state index contributed by atoms with van der Waals surface area (Å²) in [6, 6.07) is 10.6. The number of carbonyl (C=O) groups excluding carboxylic acids is 1. The second-order valence-corrected chi connectivity index (χ2v) is 7.84. The third-order valence-corrected chi connectivity index (χ3v) is 5.61. The molecule has 2 aromatic carbocycles. The van der Waals surface area contributed by atoms with E-state index in [4.69, 9.17) is 5.73 Å². The molecule has 0 aliphatic heterocycles. The molecular weight excluding hydrogens is 397 g/mol. The number of benzene rings is 2. The van der Waals surface area contributed by atoms with Crippen molar-refractivity contribution in [3.8, 4) is 0 Å². The van der Waals surface area contributed by atoms with E-state index in [1.54, 1.807) is 6.07 Å². The first-order valence-corrected chi connectivity index (χ1v) is 9.84. The van der Waals surface area contributed by atoms with Crippen LogP contribution in [0.3, 0.4) is 0 Å². The molecule has 0 spiro atoms. The number of nitrogens with one attached hydrogen (secondary N) is 2. The summed E-state index contributed by atoms with van der Waals surface area (Å²) in [5.41, 5.74) is 6.94. The average Bonchev–Trinajstić information content (AvgIpc) is 3.13. The Morgan fingerprint density at radius 3 is 2.69 bits per heavy atom. The Morgan fingerprint density at radius 2 is 1.90 bits per heavy atom. The van der Waals surface area contributed by atoms with E-state index in [0.29, 0.717) is 11.0 Å². The van der Waals surface area contributed by atoms with E-state index in [0.717, 1.165) is 12.1 Å². The Kier molecular flexibility index (Phi) is 4.47. The average molecular weight is 411 g/mol. The highest BCUT2D eigenvalue weighted by atomic mass is 32.2. The van der Waals surface area contributed by atoms with Crippen molar-refractivity contribution in [2.24, 2.45) is 0 Å². The summed E-state index contributed by atoms with van der Waals surface area (Å²) >= 11 is 0. The van der Waals surface area contributed by atoms with Crippen molar-refractivity contribution >= 4 is 38.3 Å². The summed E-state index contributed by atoms with van der Waals surface area (Å²) in [5, 5.41) is 0.392. The van der Waals surface area contributed by atoms with Crippen molar-refractivity contribution in [1.29, 1.82) is 0 Å². The highest BCUT2D eigenvalue weighted by Gasteiger charge is 2.19. The Balaban J connectivity index is 1.68. The van der Waals surface area contributed by atoms with Crippen LogP contribution in [0, 0.1) is 5.82 Å². The largest absolute Gasteiger partial charge is 0.383 e. The van der Waals surface area contributed by atoms with Crippen molar-refractivity contribution in [2.75, 3.05) is 10.5 Å². The summed E-state index contributed by atoms with van der Waals surface area (Å²) in [6.07, 6.45) is 2.76. The van der Waals surface area contributed by atoms with Gasteiger partial charge in [-0.2, -0.15) is 0 Å². The second-order valence-electron chi connectivity index (χ2n) is 6.16. The number of anilines is 2. The molecular formula is C19H14FN5O3S. The van der Waals surface area contributed by atoms with Crippen molar-refractivity contribution in [2.45, 2.75) is 4.90 Å². The lowest BCUT2D eigenvalue weighted by Crippen LogP contribution is -2.13. The van der Waals surface area contributed by atoms with Crippen LogP contribution < -0.4 is 10.5 Å². The Morgan fingerprint density at radius 1 is 1.10 bits per heavy atom. The molecule has 2 heterocycles. The lowest BCUT2D eigenvalue weighted by atomic mass is 10.0. The van der Waals surface area contributed by atoms with Crippen LogP contribution in [0.4, 0.5) is 15.9 Å². The van der Waals surface area contributed by atoms with Gasteiger partial charge in [-0.15, -0.1) is 0 Å². The molecule has 0 unspecified atom stereocenters. The smallest absolute Gasteiger partial charge is 0.261 e. The van der Waals surface area contributed by atoms with E-state index in [9.17, 15) is 17.6 Å². The van der Waals surface area contributed by atoms with Gasteiger partial charge < -0.3 is 10.7 Å². The lowest BCUT2D eigenvalue weighted by Gasteiger charge is -2.09. The number of sulfonamides is 1. The molecule has 0 bridgehead atoms. The van der Waals surface area contributed by atoms with E-state index in [2.05, 4.69) is 19.7 Å². The predicted octanol–water partition coefficient (Wildman–Crippen LogP) is 2.71. The van der Waals surface area contributed by atoms with Gasteiger partial charge >= 0.3 is 0 Å². The van der Waals surface area contributed by atoms with Gasteiger partial charge in [0.2, 0.25) is 0 Å². The maximum Gasteiger partial charge on any atom is 0.261 e. The molecule has 2 aromatic heterocycles. The van der Waals surface area contributed by atoms with Crippen molar-refractivity contribution in [1.82, 2.24) is 15.0 Å². The number of aromatic amines is 1. The fourth-order valence-corrected chi connectivity index (χ4v) is 3.97. The quantitative estimate of drug-likeness (QED) is 0.433. The van der Waals surface area contributed by atoms with Crippen LogP contribution in [0.25, 0.3) is 11.0 Å². The molecule has 0 amide bonds. The highest BCUT2D eigenvalue weighted by Crippen LogP contribution is 2.25. The number of fused-ring (bicyclic) bond motifs is 1. The minimum atomic E-state index is -4.02. The highest BCUT2D eigenvalue weighted by molar-refractivity contribution is 7.92. The first-order chi connectivity index (χ1) is 13.8. The summed E-state index contributed by atoms with van der Waals surface area (Å²) in [4.78, 5) is 23.5. The molecule has 0 saturated heterocycles. The topological polar surface area (TPSA) is 131 Å². The van der Waals surface area contributed by atoms with E-state index in [1.165, 1.54) is 42.9 Å². The number of H-pyrrole nitrogens is 1. The van der Waals surface area contributed by atoms with Gasteiger partial charge in [-0.1, -0.05) is 18.2 Å². The van der Waals surface area contributed by atoms with Crippen molar-refractivity contribution in [3.05, 3.63) is 78.0 Å². The molecule has 29 heavy (non-hydrogen) atoms. The second kappa shape index (κ2) is 6.99. The maximum absolute atomic E-state index is 13.4. The van der Waals surface area contributed by atoms with Crippen LogP contribution in [0.15, 0.2) is 66.0 Å². The number of carbonyl (C=O) groups is 1. The molecule has 0 fully saturated rings. The summed E-state index contributed by atoms with van der Waals surface area (Å²) in [7, 11) is -4.02. The molecule has 8 nitrogen and oxygen atoms in total. The number of ketones is 1. The van der Waals surface area contributed by atoms with Crippen LogP contribution in [0.2, 0.25) is 0 Å². The minimum absolute atomic E-state index is 0.155. The molecule has 4 rings (SSSR count). The number of rotatable bonds is 5. The first-order valence-electron chi connectivity index (χ1n) is 8.36. The van der Waals surface area contributed by atoms with Crippen molar-refractivity contribution < 1.29 is 17.6 Å². The Labute approximate surface area is 164 Å². The number of nitrogens with two attached hydrogens (primary N) is 1. The van der Waals surface area contributed by atoms with Crippen LogP contribution >= 0.6 is 0 Å². The Hall–Kier alpha value is -3.79. The molecule has 4 aromatic rings. The molecule has 0 saturated carbocycles. The van der Waals surface area contributed by atoms with E-state index in [-0.39, 0.29) is 33.3 Å². The van der Waals surface area contributed by atoms with Gasteiger partial charge in [0.1, 0.15) is 23.6 Å². The van der Waals surface area contributed by atoms with Crippen LogP contribution in [-0.2, 0) is 10.0 Å². The third-order valence-electron chi connectivity index (χ3n) is 4.23. The van der Waals surface area contributed by atoms with Gasteiger partial charge in [0, 0.05) is 17.4 Å². The SMILES string of the molecule is Nc1ncnc2[nH]cc(C(=O)c3cccc(NS(=O)(=O)c4cccc(F)c4)c3)c12. The third kappa shape index (κ3) is 3.52. The van der Waals surface area contributed by atoms with Gasteiger partial charge in [-0.25, -0.2) is 22.8 Å². The van der Waals surface area contributed by atoms with Gasteiger partial charge in [-0.05, 0) is 30.3 Å². The zero-order valence-corrected chi connectivity index (χ0v) is 15.6. The number of nitrogens with zero attached hydrogens (tertiary/aromatic N) is 2. The number of hydrogen-bond donors (Lipinski definition) is 3. The molecule has 0 aliphatic carbocycles.